The van der Waals surface area contributed by atoms with Crippen LogP contribution < -0.4 is 9.80 Å². The fraction of sp³-hybridized carbons (Fsp3) is 0.381. The summed E-state index contributed by atoms with van der Waals surface area (Å²) < 4.78 is 4.98. The van der Waals surface area contributed by atoms with E-state index in [-0.39, 0.29) is 11.9 Å². The maximum absolute atomic E-state index is 12.6. The SMILES string of the molecule is CCOC(=O)c1ccc(N2CCN(C(=O)CN(C)c3ccccc3)CC2)nc1. The Balaban J connectivity index is 1.51. The number of amides is 1. The highest BCUT2D eigenvalue weighted by Gasteiger charge is 2.23. The Morgan fingerprint density at radius 2 is 1.79 bits per heavy atom. The molecule has 0 radical (unpaired) electrons. The van der Waals surface area contributed by atoms with Crippen molar-refractivity contribution < 1.29 is 14.3 Å². The fourth-order valence-electron chi connectivity index (χ4n) is 3.17. The van der Waals surface area contributed by atoms with Crippen LogP contribution in [0.5, 0.6) is 0 Å². The Morgan fingerprint density at radius 1 is 1.07 bits per heavy atom. The average Bonchev–Trinajstić information content (AvgIpc) is 2.74. The van der Waals surface area contributed by atoms with Crippen LogP contribution in [0.15, 0.2) is 48.7 Å². The third kappa shape index (κ3) is 4.79. The smallest absolute Gasteiger partial charge is 0.339 e. The molecule has 1 fully saturated rings. The quantitative estimate of drug-likeness (QED) is 0.713. The van der Waals surface area contributed by atoms with Gasteiger partial charge in [-0.25, -0.2) is 9.78 Å². The summed E-state index contributed by atoms with van der Waals surface area (Å²) in [6.45, 7) is 5.22. The highest BCUT2D eigenvalue weighted by Crippen LogP contribution is 2.16. The number of piperazine rings is 1. The highest BCUT2D eigenvalue weighted by molar-refractivity contribution is 5.89. The van der Waals surface area contributed by atoms with E-state index in [0.29, 0.717) is 44.9 Å². The summed E-state index contributed by atoms with van der Waals surface area (Å²) in [7, 11) is 1.93. The van der Waals surface area contributed by atoms with Gasteiger partial charge in [-0.3, -0.25) is 4.79 Å². The first kappa shape index (κ1) is 19.7. The van der Waals surface area contributed by atoms with Crippen LogP contribution >= 0.6 is 0 Å². The molecule has 0 N–H and O–H groups in total. The molecule has 1 aromatic heterocycles. The van der Waals surface area contributed by atoms with Gasteiger partial charge in [0.25, 0.3) is 0 Å². The maximum atomic E-state index is 12.6. The van der Waals surface area contributed by atoms with Crippen LogP contribution in [0.1, 0.15) is 17.3 Å². The van der Waals surface area contributed by atoms with Gasteiger partial charge in [-0.1, -0.05) is 18.2 Å². The standard InChI is InChI=1S/C21H26N4O3/c1-3-28-21(27)17-9-10-19(22-15-17)24-11-13-25(14-12-24)20(26)16-23(2)18-7-5-4-6-8-18/h4-10,15H,3,11-14,16H2,1-2H3. The monoisotopic (exact) mass is 382 g/mol. The number of benzene rings is 1. The number of likely N-dealkylation sites (N-methyl/N-ethyl adjacent to an activating group) is 1. The number of nitrogens with zero attached hydrogens (tertiary/aromatic N) is 4. The Bertz CT molecular complexity index is 787. The van der Waals surface area contributed by atoms with Gasteiger partial charge in [-0.15, -0.1) is 0 Å². The second kappa shape index (κ2) is 9.21. The van der Waals surface area contributed by atoms with Crippen LogP contribution in [0.2, 0.25) is 0 Å². The molecule has 7 nitrogen and oxygen atoms in total. The predicted molar refractivity (Wildman–Crippen MR) is 109 cm³/mol. The Kier molecular flexibility index (Phi) is 6.47. The first-order chi connectivity index (χ1) is 13.6. The van der Waals surface area contributed by atoms with E-state index in [1.807, 2.05) is 53.2 Å². The molecule has 1 amide bonds. The average molecular weight is 382 g/mol. The Labute approximate surface area is 165 Å². The van der Waals surface area contributed by atoms with Gasteiger partial charge in [-0.05, 0) is 31.2 Å². The molecule has 0 atom stereocenters. The second-order valence-electron chi connectivity index (χ2n) is 6.68. The van der Waals surface area contributed by atoms with Crippen molar-refractivity contribution in [2.24, 2.45) is 0 Å². The second-order valence-corrected chi connectivity index (χ2v) is 6.68. The molecule has 0 bridgehead atoms. The molecule has 0 spiro atoms. The van der Waals surface area contributed by atoms with Crippen molar-refractivity contribution in [3.05, 3.63) is 54.2 Å². The van der Waals surface area contributed by atoms with Crippen LogP contribution in [0.3, 0.4) is 0 Å². The summed E-state index contributed by atoms with van der Waals surface area (Å²) in [5, 5.41) is 0. The number of esters is 1. The van der Waals surface area contributed by atoms with E-state index < -0.39 is 0 Å². The van der Waals surface area contributed by atoms with Gasteiger partial charge < -0.3 is 19.4 Å². The van der Waals surface area contributed by atoms with E-state index in [9.17, 15) is 9.59 Å². The molecule has 0 aliphatic carbocycles. The van der Waals surface area contributed by atoms with Gasteiger partial charge in [0.2, 0.25) is 5.91 Å². The molecule has 7 heteroatoms. The molecular formula is C21H26N4O3. The summed E-state index contributed by atoms with van der Waals surface area (Å²) in [6.07, 6.45) is 1.54. The summed E-state index contributed by atoms with van der Waals surface area (Å²) in [5.74, 6) is 0.567. The highest BCUT2D eigenvalue weighted by atomic mass is 16.5. The van der Waals surface area contributed by atoms with E-state index in [0.717, 1.165) is 11.5 Å². The molecule has 0 unspecified atom stereocenters. The fourth-order valence-corrected chi connectivity index (χ4v) is 3.17. The van der Waals surface area contributed by atoms with Gasteiger partial charge in [0.05, 0.1) is 18.7 Å². The van der Waals surface area contributed by atoms with Crippen LogP contribution in [0, 0.1) is 0 Å². The number of hydrogen-bond acceptors (Lipinski definition) is 6. The zero-order valence-corrected chi connectivity index (χ0v) is 16.4. The lowest BCUT2D eigenvalue weighted by Gasteiger charge is -2.36. The normalized spacial score (nSPS) is 13.9. The molecule has 2 aromatic rings. The molecular weight excluding hydrogens is 356 g/mol. The molecule has 1 aromatic carbocycles. The lowest BCUT2D eigenvalue weighted by molar-refractivity contribution is -0.129. The topological polar surface area (TPSA) is 66.0 Å². The Hall–Kier alpha value is -3.09. The minimum absolute atomic E-state index is 0.122. The zero-order chi connectivity index (χ0) is 19.9. The molecule has 148 valence electrons. The summed E-state index contributed by atoms with van der Waals surface area (Å²) in [6, 6.07) is 13.4. The van der Waals surface area contributed by atoms with Crippen LogP contribution in [-0.2, 0) is 9.53 Å². The van der Waals surface area contributed by atoms with Crippen molar-refractivity contribution in [3.8, 4) is 0 Å². The summed E-state index contributed by atoms with van der Waals surface area (Å²) >= 11 is 0. The Morgan fingerprint density at radius 3 is 2.39 bits per heavy atom. The molecule has 0 saturated carbocycles. The van der Waals surface area contributed by atoms with E-state index in [1.54, 1.807) is 19.2 Å². The number of para-hydroxylation sites is 1. The van der Waals surface area contributed by atoms with E-state index in [2.05, 4.69) is 9.88 Å². The number of anilines is 2. The summed E-state index contributed by atoms with van der Waals surface area (Å²) in [5.41, 5.74) is 1.48. The first-order valence-electron chi connectivity index (χ1n) is 9.50. The van der Waals surface area contributed by atoms with Crippen molar-refractivity contribution in [3.63, 3.8) is 0 Å². The number of pyridine rings is 1. The minimum Gasteiger partial charge on any atom is -0.462 e. The van der Waals surface area contributed by atoms with Crippen molar-refractivity contribution in [2.75, 3.05) is 56.2 Å². The largest absolute Gasteiger partial charge is 0.462 e. The van der Waals surface area contributed by atoms with Crippen LogP contribution in [0.4, 0.5) is 11.5 Å². The van der Waals surface area contributed by atoms with Gasteiger partial charge in [0.1, 0.15) is 5.82 Å². The van der Waals surface area contributed by atoms with Gasteiger partial charge >= 0.3 is 5.97 Å². The van der Waals surface area contributed by atoms with Crippen molar-refractivity contribution >= 4 is 23.4 Å². The van der Waals surface area contributed by atoms with Crippen molar-refractivity contribution in [2.45, 2.75) is 6.92 Å². The molecule has 1 aliphatic heterocycles. The molecule has 2 heterocycles. The summed E-state index contributed by atoms with van der Waals surface area (Å²) in [4.78, 5) is 34.7. The van der Waals surface area contributed by atoms with Gasteiger partial charge in [-0.2, -0.15) is 0 Å². The predicted octanol–water partition coefficient (Wildman–Crippen LogP) is 2.04. The van der Waals surface area contributed by atoms with Crippen molar-refractivity contribution in [1.29, 1.82) is 0 Å². The molecule has 1 aliphatic rings. The number of aromatic nitrogens is 1. The lowest BCUT2D eigenvalue weighted by atomic mass is 10.2. The number of carbonyl (C=O) groups is 2. The third-order valence-electron chi connectivity index (χ3n) is 4.78. The van der Waals surface area contributed by atoms with Crippen LogP contribution in [0.25, 0.3) is 0 Å². The van der Waals surface area contributed by atoms with Gasteiger partial charge in [0, 0.05) is 45.1 Å². The van der Waals surface area contributed by atoms with Crippen molar-refractivity contribution in [1.82, 2.24) is 9.88 Å². The molecule has 3 rings (SSSR count). The number of hydrogen-bond donors (Lipinski definition) is 0. The number of carbonyl (C=O) groups excluding carboxylic acids is 2. The third-order valence-corrected chi connectivity index (χ3v) is 4.78. The first-order valence-corrected chi connectivity index (χ1v) is 9.50. The molecule has 1 saturated heterocycles. The van der Waals surface area contributed by atoms with Crippen LogP contribution in [-0.4, -0.2) is 68.1 Å². The molecule has 28 heavy (non-hydrogen) atoms. The minimum atomic E-state index is -0.362. The van der Waals surface area contributed by atoms with E-state index in [4.69, 9.17) is 4.74 Å². The zero-order valence-electron chi connectivity index (χ0n) is 16.4. The van der Waals surface area contributed by atoms with E-state index >= 15 is 0 Å². The maximum Gasteiger partial charge on any atom is 0.339 e. The van der Waals surface area contributed by atoms with E-state index in [1.165, 1.54) is 0 Å². The number of ether oxygens (including phenoxy) is 1. The lowest BCUT2D eigenvalue weighted by Crippen LogP contribution is -2.51. The van der Waals surface area contributed by atoms with Gasteiger partial charge in [0.15, 0.2) is 0 Å². The number of rotatable bonds is 6.